The maximum atomic E-state index is 5.85. The number of benzene rings is 1. The lowest BCUT2D eigenvalue weighted by Gasteiger charge is -2.18. The van der Waals surface area contributed by atoms with Crippen LogP contribution in [0.5, 0.6) is 5.75 Å². The first-order chi connectivity index (χ1) is 8.67. The molecule has 0 aromatic heterocycles. The Morgan fingerprint density at radius 2 is 1.78 bits per heavy atom. The number of ether oxygens (including phenoxy) is 1. The van der Waals surface area contributed by atoms with Crippen molar-refractivity contribution >= 4 is 0 Å². The number of rotatable bonds is 8. The van der Waals surface area contributed by atoms with Crippen LogP contribution in [0.25, 0.3) is 0 Å². The number of likely N-dealkylation sites (N-methyl/N-ethyl adjacent to an activating group) is 1. The summed E-state index contributed by atoms with van der Waals surface area (Å²) in [7, 11) is 0. The van der Waals surface area contributed by atoms with Gasteiger partial charge >= 0.3 is 0 Å². The number of hydrogen-bond donors (Lipinski definition) is 1. The van der Waals surface area contributed by atoms with Gasteiger partial charge in [0.25, 0.3) is 0 Å². The van der Waals surface area contributed by atoms with Gasteiger partial charge < -0.3 is 10.1 Å². The van der Waals surface area contributed by atoms with Gasteiger partial charge in [0.2, 0.25) is 0 Å². The van der Waals surface area contributed by atoms with Crippen LogP contribution in [0.15, 0.2) is 24.3 Å². The molecule has 0 saturated carbocycles. The molecule has 0 heterocycles. The van der Waals surface area contributed by atoms with E-state index < -0.39 is 0 Å². The van der Waals surface area contributed by atoms with Gasteiger partial charge in [0.15, 0.2) is 0 Å². The fraction of sp³-hybridized carbons (Fsp3) is 0.625. The lowest BCUT2D eigenvalue weighted by Crippen LogP contribution is -2.34. The zero-order chi connectivity index (χ0) is 13.4. The van der Waals surface area contributed by atoms with E-state index in [1.165, 1.54) is 12.0 Å². The van der Waals surface area contributed by atoms with Crippen LogP contribution in [-0.2, 0) is 0 Å². The van der Waals surface area contributed by atoms with E-state index in [-0.39, 0.29) is 0 Å². The molecule has 2 nitrogen and oxygen atoms in total. The van der Waals surface area contributed by atoms with Crippen molar-refractivity contribution in [3.05, 3.63) is 29.8 Å². The van der Waals surface area contributed by atoms with Crippen LogP contribution in [-0.4, -0.2) is 19.2 Å². The molecule has 0 amide bonds. The zero-order valence-corrected chi connectivity index (χ0v) is 12.2. The van der Waals surface area contributed by atoms with Gasteiger partial charge in [-0.1, -0.05) is 46.2 Å². The van der Waals surface area contributed by atoms with Crippen molar-refractivity contribution in [2.24, 2.45) is 0 Å². The molecule has 0 radical (unpaired) electrons. The van der Waals surface area contributed by atoms with Crippen molar-refractivity contribution in [2.45, 2.75) is 52.5 Å². The number of hydrogen-bond acceptors (Lipinski definition) is 2. The Kier molecular flexibility index (Phi) is 6.81. The summed E-state index contributed by atoms with van der Waals surface area (Å²) < 4.78 is 5.85. The van der Waals surface area contributed by atoms with Gasteiger partial charge in [-0.3, -0.25) is 0 Å². The van der Waals surface area contributed by atoms with Gasteiger partial charge in [-0.15, -0.1) is 0 Å². The van der Waals surface area contributed by atoms with Crippen molar-refractivity contribution < 1.29 is 4.74 Å². The summed E-state index contributed by atoms with van der Waals surface area (Å²) in [6.07, 6.45) is 2.35. The zero-order valence-electron chi connectivity index (χ0n) is 12.2. The minimum absolute atomic E-state index is 0.463. The second kappa shape index (κ2) is 8.15. The lowest BCUT2D eigenvalue weighted by molar-refractivity contribution is 0.257. The van der Waals surface area contributed by atoms with Crippen LogP contribution in [0.4, 0.5) is 0 Å². The molecule has 1 aromatic rings. The van der Waals surface area contributed by atoms with E-state index in [0.29, 0.717) is 12.0 Å². The van der Waals surface area contributed by atoms with Crippen LogP contribution in [0.3, 0.4) is 0 Å². The van der Waals surface area contributed by atoms with Crippen molar-refractivity contribution in [1.29, 1.82) is 0 Å². The van der Waals surface area contributed by atoms with E-state index in [1.807, 2.05) is 0 Å². The Balaban J connectivity index is 2.46. The fourth-order valence-electron chi connectivity index (χ4n) is 2.03. The van der Waals surface area contributed by atoms with Crippen LogP contribution in [0.1, 0.15) is 52.0 Å². The highest BCUT2D eigenvalue weighted by Gasteiger charge is 2.07. The van der Waals surface area contributed by atoms with E-state index in [4.69, 9.17) is 4.74 Å². The predicted octanol–water partition coefficient (Wildman–Crippen LogP) is 3.97. The molecule has 1 rings (SSSR count). The standard InChI is InChI=1S/C16H27NO/c1-5-7-15(17-6-2)12-18-16-10-8-14(9-11-16)13(3)4/h8-11,13,15,17H,5-7,12H2,1-4H3. The molecule has 1 aromatic carbocycles. The quantitative estimate of drug-likeness (QED) is 0.753. The minimum atomic E-state index is 0.463. The maximum absolute atomic E-state index is 5.85. The molecule has 1 unspecified atom stereocenters. The van der Waals surface area contributed by atoms with Gasteiger partial charge in [0.1, 0.15) is 12.4 Å². The molecule has 0 spiro atoms. The second-order valence-corrected chi connectivity index (χ2v) is 5.08. The molecule has 1 N–H and O–H groups in total. The molecule has 0 fully saturated rings. The molecule has 1 atom stereocenters. The molecular formula is C16H27NO. The molecule has 102 valence electrons. The minimum Gasteiger partial charge on any atom is -0.492 e. The Labute approximate surface area is 112 Å². The first-order valence-electron chi connectivity index (χ1n) is 7.13. The van der Waals surface area contributed by atoms with Gasteiger partial charge in [-0.2, -0.15) is 0 Å². The normalized spacial score (nSPS) is 12.7. The largest absolute Gasteiger partial charge is 0.492 e. The highest BCUT2D eigenvalue weighted by Crippen LogP contribution is 2.18. The van der Waals surface area contributed by atoms with Gasteiger partial charge in [0.05, 0.1) is 0 Å². The van der Waals surface area contributed by atoms with Crippen molar-refractivity contribution in [2.75, 3.05) is 13.2 Å². The summed E-state index contributed by atoms with van der Waals surface area (Å²) in [5.74, 6) is 1.55. The third kappa shape index (κ3) is 5.09. The summed E-state index contributed by atoms with van der Waals surface area (Å²) in [5.41, 5.74) is 1.36. The summed E-state index contributed by atoms with van der Waals surface area (Å²) in [6, 6.07) is 8.92. The summed E-state index contributed by atoms with van der Waals surface area (Å²) in [6.45, 7) is 10.5. The van der Waals surface area contributed by atoms with Crippen molar-refractivity contribution in [3.63, 3.8) is 0 Å². The highest BCUT2D eigenvalue weighted by molar-refractivity contribution is 5.28. The molecule has 2 heteroatoms. The average Bonchev–Trinajstić information content (AvgIpc) is 2.37. The third-order valence-electron chi connectivity index (χ3n) is 3.13. The first-order valence-corrected chi connectivity index (χ1v) is 7.13. The molecule has 0 bridgehead atoms. The molecule has 18 heavy (non-hydrogen) atoms. The summed E-state index contributed by atoms with van der Waals surface area (Å²) in [4.78, 5) is 0. The fourth-order valence-corrected chi connectivity index (χ4v) is 2.03. The first kappa shape index (κ1) is 15.0. The van der Waals surface area contributed by atoms with Crippen LogP contribution in [0.2, 0.25) is 0 Å². The highest BCUT2D eigenvalue weighted by atomic mass is 16.5. The van der Waals surface area contributed by atoms with Crippen molar-refractivity contribution in [3.8, 4) is 5.75 Å². The third-order valence-corrected chi connectivity index (χ3v) is 3.13. The van der Waals surface area contributed by atoms with Gasteiger partial charge in [-0.05, 0) is 36.6 Å². The van der Waals surface area contributed by atoms with Crippen molar-refractivity contribution in [1.82, 2.24) is 5.32 Å². The predicted molar refractivity (Wildman–Crippen MR) is 78.4 cm³/mol. The SMILES string of the molecule is CCCC(COc1ccc(C(C)C)cc1)NCC. The summed E-state index contributed by atoms with van der Waals surface area (Å²) >= 11 is 0. The second-order valence-electron chi connectivity index (χ2n) is 5.08. The van der Waals surface area contributed by atoms with Crippen LogP contribution >= 0.6 is 0 Å². The molecule has 0 aliphatic heterocycles. The molecular weight excluding hydrogens is 222 g/mol. The van der Waals surface area contributed by atoms with E-state index in [0.717, 1.165) is 25.3 Å². The molecule has 0 saturated heterocycles. The topological polar surface area (TPSA) is 21.3 Å². The monoisotopic (exact) mass is 249 g/mol. The Bertz CT molecular complexity index is 312. The average molecular weight is 249 g/mol. The number of nitrogens with one attached hydrogen (secondary N) is 1. The molecule has 0 aliphatic rings. The van der Waals surface area contributed by atoms with E-state index >= 15 is 0 Å². The lowest BCUT2D eigenvalue weighted by atomic mass is 10.0. The smallest absolute Gasteiger partial charge is 0.119 e. The van der Waals surface area contributed by atoms with Gasteiger partial charge in [-0.25, -0.2) is 0 Å². The Morgan fingerprint density at radius 3 is 2.28 bits per heavy atom. The summed E-state index contributed by atoms with van der Waals surface area (Å²) in [5, 5.41) is 3.46. The van der Waals surface area contributed by atoms with Crippen LogP contribution in [0, 0.1) is 0 Å². The molecule has 0 aliphatic carbocycles. The van der Waals surface area contributed by atoms with E-state index in [2.05, 4.69) is 57.3 Å². The van der Waals surface area contributed by atoms with E-state index in [9.17, 15) is 0 Å². The Morgan fingerprint density at radius 1 is 1.11 bits per heavy atom. The van der Waals surface area contributed by atoms with Gasteiger partial charge in [0, 0.05) is 6.04 Å². The van der Waals surface area contributed by atoms with Crippen LogP contribution < -0.4 is 10.1 Å². The van der Waals surface area contributed by atoms with E-state index in [1.54, 1.807) is 0 Å². The maximum Gasteiger partial charge on any atom is 0.119 e. The Hall–Kier alpha value is -1.02.